The third-order valence-corrected chi connectivity index (χ3v) is 5.07. The number of alkyl carbamates (subject to hydrolysis) is 1. The zero-order valence-electron chi connectivity index (χ0n) is 19.4. The molecule has 0 fully saturated rings. The van der Waals surface area contributed by atoms with Gasteiger partial charge in [-0.15, -0.1) is 0 Å². The zero-order chi connectivity index (χ0) is 22.8. The van der Waals surface area contributed by atoms with Gasteiger partial charge in [-0.3, -0.25) is 0 Å². The van der Waals surface area contributed by atoms with Crippen molar-refractivity contribution in [3.63, 3.8) is 0 Å². The van der Waals surface area contributed by atoms with Gasteiger partial charge < -0.3 is 14.6 Å². The summed E-state index contributed by atoms with van der Waals surface area (Å²) in [6, 6.07) is 16.2. The van der Waals surface area contributed by atoms with Gasteiger partial charge in [0.2, 0.25) is 0 Å². The first-order valence-corrected chi connectivity index (χ1v) is 10.7. The Kier molecular flexibility index (Phi) is 6.54. The minimum Gasteiger partial charge on any atom is -0.444 e. The van der Waals surface area contributed by atoms with Crippen LogP contribution in [0.25, 0.3) is 16.6 Å². The van der Waals surface area contributed by atoms with Crippen LogP contribution in [0, 0.1) is 5.92 Å². The number of nitrogens with one attached hydrogen (secondary N) is 1. The monoisotopic (exact) mass is 419 g/mol. The van der Waals surface area contributed by atoms with E-state index < -0.39 is 11.7 Å². The summed E-state index contributed by atoms with van der Waals surface area (Å²) < 4.78 is 7.71. The molecule has 2 aromatic carbocycles. The molecule has 0 saturated carbocycles. The fourth-order valence-corrected chi connectivity index (χ4v) is 3.55. The van der Waals surface area contributed by atoms with E-state index in [2.05, 4.69) is 60.6 Å². The number of fused-ring (bicyclic) bond motifs is 1. The molecule has 3 aromatic rings. The van der Waals surface area contributed by atoms with E-state index in [9.17, 15) is 4.79 Å². The predicted molar refractivity (Wildman–Crippen MR) is 127 cm³/mol. The summed E-state index contributed by atoms with van der Waals surface area (Å²) in [5.74, 6) is 0.943. The van der Waals surface area contributed by atoms with Crippen LogP contribution in [0.5, 0.6) is 0 Å². The Morgan fingerprint density at radius 3 is 2.42 bits per heavy atom. The number of benzene rings is 2. The second-order valence-electron chi connectivity index (χ2n) is 9.39. The van der Waals surface area contributed by atoms with E-state index in [4.69, 9.17) is 9.72 Å². The molecule has 1 aromatic heterocycles. The quantitative estimate of drug-likeness (QED) is 0.507. The predicted octanol–water partition coefficient (Wildman–Crippen LogP) is 6.34. The summed E-state index contributed by atoms with van der Waals surface area (Å²) in [4.78, 5) is 17.6. The Bertz CT molecular complexity index is 1080. The van der Waals surface area contributed by atoms with Gasteiger partial charge >= 0.3 is 6.09 Å². The third kappa shape index (κ3) is 5.54. The van der Waals surface area contributed by atoms with E-state index >= 15 is 0 Å². The molecule has 1 N–H and O–H groups in total. The Hall–Kier alpha value is -3.08. The number of carbonyl (C=O) groups is 1. The van der Waals surface area contributed by atoms with E-state index in [-0.39, 0.29) is 12.0 Å². The minimum absolute atomic E-state index is 0.125. The molecule has 0 aliphatic rings. The van der Waals surface area contributed by atoms with Gasteiger partial charge in [-0.25, -0.2) is 9.78 Å². The molecule has 0 unspecified atom stereocenters. The summed E-state index contributed by atoms with van der Waals surface area (Å²) in [5, 5.41) is 3.05. The van der Waals surface area contributed by atoms with Gasteiger partial charge in [0.25, 0.3) is 0 Å². The molecule has 5 heteroatoms. The van der Waals surface area contributed by atoms with E-state index in [0.29, 0.717) is 6.54 Å². The topological polar surface area (TPSA) is 56.1 Å². The summed E-state index contributed by atoms with van der Waals surface area (Å²) in [5.41, 5.74) is 4.58. The molecule has 1 atom stereocenters. The summed E-state index contributed by atoms with van der Waals surface area (Å²) in [7, 11) is 0. The number of allylic oxidation sites excluding steroid dienone is 1. The summed E-state index contributed by atoms with van der Waals surface area (Å²) >= 11 is 0. The number of amides is 1. The standard InChI is InChI=1S/C26H33N3O2/c1-17(2)20-13-14-22-21(15-20)27-24(29(22)16-19-11-9-8-10-12-19)23(18(3)4)28-25(30)31-26(5,6)7/h8-15,18,23H,1,16H2,2-7H3,(H,28,30)/t23-/m1/s1. The average Bonchev–Trinajstić information content (AvgIpc) is 3.02. The van der Waals surface area contributed by atoms with Crippen molar-refractivity contribution in [3.8, 4) is 0 Å². The van der Waals surface area contributed by atoms with Gasteiger partial charge in [0.05, 0.1) is 17.1 Å². The van der Waals surface area contributed by atoms with Crippen molar-refractivity contribution in [1.29, 1.82) is 0 Å². The van der Waals surface area contributed by atoms with Crippen LogP contribution < -0.4 is 5.32 Å². The number of hydrogen-bond donors (Lipinski definition) is 1. The number of nitrogens with zero attached hydrogens (tertiary/aromatic N) is 2. The van der Waals surface area contributed by atoms with Crippen LogP contribution in [-0.4, -0.2) is 21.2 Å². The van der Waals surface area contributed by atoms with Crippen molar-refractivity contribution in [2.45, 2.75) is 59.7 Å². The highest BCUT2D eigenvalue weighted by molar-refractivity contribution is 5.81. The Morgan fingerprint density at radius 2 is 1.84 bits per heavy atom. The molecule has 1 heterocycles. The largest absolute Gasteiger partial charge is 0.444 e. The maximum Gasteiger partial charge on any atom is 0.408 e. The van der Waals surface area contributed by atoms with Crippen molar-refractivity contribution in [2.75, 3.05) is 0 Å². The Balaban J connectivity index is 2.09. The lowest BCUT2D eigenvalue weighted by molar-refractivity contribution is 0.0485. The van der Waals surface area contributed by atoms with E-state index in [0.717, 1.165) is 28.0 Å². The third-order valence-electron chi connectivity index (χ3n) is 5.07. The number of rotatable bonds is 6. The SMILES string of the molecule is C=C(C)c1ccc2c(c1)nc([C@H](NC(=O)OC(C)(C)C)C(C)C)n2Cc1ccccc1. The van der Waals surface area contributed by atoms with Crippen molar-refractivity contribution in [1.82, 2.24) is 14.9 Å². The van der Waals surface area contributed by atoms with Gasteiger partial charge in [-0.2, -0.15) is 0 Å². The van der Waals surface area contributed by atoms with Gasteiger partial charge in [-0.05, 0) is 56.9 Å². The molecule has 0 bridgehead atoms. The normalized spacial score (nSPS) is 12.7. The molecule has 3 rings (SSSR count). The number of hydrogen-bond acceptors (Lipinski definition) is 3. The van der Waals surface area contributed by atoms with Crippen LogP contribution in [-0.2, 0) is 11.3 Å². The second kappa shape index (κ2) is 8.96. The number of aromatic nitrogens is 2. The summed E-state index contributed by atoms with van der Waals surface area (Å²) in [6.45, 7) is 16.5. The Morgan fingerprint density at radius 1 is 1.16 bits per heavy atom. The van der Waals surface area contributed by atoms with Crippen LogP contribution in [0.4, 0.5) is 4.79 Å². The van der Waals surface area contributed by atoms with Gasteiger partial charge in [0.15, 0.2) is 0 Å². The first-order chi connectivity index (χ1) is 14.5. The highest BCUT2D eigenvalue weighted by Gasteiger charge is 2.27. The lowest BCUT2D eigenvalue weighted by Gasteiger charge is -2.26. The summed E-state index contributed by atoms with van der Waals surface area (Å²) in [6.07, 6.45) is -0.438. The van der Waals surface area contributed by atoms with E-state index in [1.54, 1.807) is 0 Å². The highest BCUT2D eigenvalue weighted by atomic mass is 16.6. The molecule has 5 nitrogen and oxygen atoms in total. The lowest BCUT2D eigenvalue weighted by Crippen LogP contribution is -2.38. The average molecular weight is 420 g/mol. The van der Waals surface area contributed by atoms with Gasteiger partial charge in [-0.1, -0.05) is 62.4 Å². The molecule has 0 radical (unpaired) electrons. The van der Waals surface area contributed by atoms with E-state index in [1.807, 2.05) is 45.9 Å². The number of carbonyl (C=O) groups excluding carboxylic acids is 1. The number of ether oxygens (including phenoxy) is 1. The van der Waals surface area contributed by atoms with Crippen molar-refractivity contribution in [3.05, 3.63) is 72.1 Å². The fourth-order valence-electron chi connectivity index (χ4n) is 3.55. The van der Waals surface area contributed by atoms with Crippen molar-refractivity contribution >= 4 is 22.7 Å². The van der Waals surface area contributed by atoms with Crippen LogP contribution in [0.15, 0.2) is 55.1 Å². The second-order valence-corrected chi connectivity index (χ2v) is 9.39. The molecule has 31 heavy (non-hydrogen) atoms. The molecule has 0 saturated heterocycles. The molecule has 1 amide bonds. The molecule has 0 spiro atoms. The van der Waals surface area contributed by atoms with Crippen molar-refractivity contribution < 1.29 is 9.53 Å². The molecule has 164 valence electrons. The first-order valence-electron chi connectivity index (χ1n) is 10.7. The van der Waals surface area contributed by atoms with Gasteiger partial charge in [0.1, 0.15) is 11.4 Å². The van der Waals surface area contributed by atoms with Crippen LogP contribution >= 0.6 is 0 Å². The van der Waals surface area contributed by atoms with Crippen molar-refractivity contribution in [2.24, 2.45) is 5.92 Å². The molecule has 0 aliphatic heterocycles. The highest BCUT2D eigenvalue weighted by Crippen LogP contribution is 2.29. The maximum atomic E-state index is 12.6. The first kappa shape index (κ1) is 22.6. The molecular weight excluding hydrogens is 386 g/mol. The smallest absolute Gasteiger partial charge is 0.408 e. The van der Waals surface area contributed by atoms with Crippen LogP contribution in [0.2, 0.25) is 0 Å². The maximum absolute atomic E-state index is 12.6. The minimum atomic E-state index is -0.563. The number of imidazole rings is 1. The Labute approximate surface area is 185 Å². The van der Waals surface area contributed by atoms with Crippen LogP contribution in [0.3, 0.4) is 0 Å². The molecular formula is C26H33N3O2. The zero-order valence-corrected chi connectivity index (χ0v) is 19.4. The van der Waals surface area contributed by atoms with Gasteiger partial charge in [0, 0.05) is 6.54 Å². The van der Waals surface area contributed by atoms with Crippen LogP contribution in [0.1, 0.15) is 64.5 Å². The lowest BCUT2D eigenvalue weighted by atomic mass is 10.0. The fraction of sp³-hybridized carbons (Fsp3) is 0.385. The molecule has 0 aliphatic carbocycles. The van der Waals surface area contributed by atoms with E-state index in [1.165, 1.54) is 5.56 Å².